The number of benzene rings is 2. The first-order chi connectivity index (χ1) is 15.9. The first-order valence-electron chi connectivity index (χ1n) is 11.0. The molecule has 0 amide bonds. The largest absolute Gasteiger partial charge is 0.325 e. The number of rotatable bonds is 1. The van der Waals surface area contributed by atoms with Crippen molar-refractivity contribution in [3.05, 3.63) is 59.2 Å². The van der Waals surface area contributed by atoms with Crippen LogP contribution in [-0.4, -0.2) is 32.0 Å². The van der Waals surface area contributed by atoms with Gasteiger partial charge in [0.05, 0.1) is 5.52 Å². The molecule has 0 radical (unpaired) electrons. The molecule has 0 atom stereocenters. The van der Waals surface area contributed by atoms with Crippen molar-refractivity contribution in [2.24, 2.45) is 5.92 Å². The molecule has 166 valence electrons. The lowest BCUT2D eigenvalue weighted by Gasteiger charge is -2.32. The van der Waals surface area contributed by atoms with Crippen molar-refractivity contribution in [1.82, 2.24) is 19.6 Å². The fraction of sp³-hybridized carbons (Fsp3) is 0.320. The monoisotopic (exact) mass is 447 g/mol. The molecule has 0 N–H and O–H groups in total. The molecule has 2 aromatic heterocycles. The lowest BCUT2D eigenvalue weighted by atomic mass is 9.81. The molecule has 1 aliphatic heterocycles. The van der Waals surface area contributed by atoms with E-state index in [1.165, 1.54) is 12.1 Å². The molecule has 2 aromatic carbocycles. The average molecular weight is 447 g/mol. The van der Waals surface area contributed by atoms with Crippen LogP contribution in [0.25, 0.3) is 16.7 Å². The first kappa shape index (κ1) is 20.0. The van der Waals surface area contributed by atoms with E-state index in [0.717, 1.165) is 35.2 Å². The van der Waals surface area contributed by atoms with Crippen LogP contribution in [0.2, 0.25) is 0 Å². The zero-order valence-electron chi connectivity index (χ0n) is 17.9. The average Bonchev–Trinajstić information content (AvgIpc) is 3.15. The standard InChI is InChI=1S/C25H20F3N5/c1-15-30-31-24-29-23(20-12-18(26)9-10-22(20)33(15)24)32-11-3-5-19-17(4-2-6-21(19)32)8-7-16-13-25(27,28)14-16/h2,4,6,9-10,12,16H,3,5,11,13-14H2,1H3. The summed E-state index contributed by atoms with van der Waals surface area (Å²) in [5.41, 5.74) is 3.65. The first-order valence-corrected chi connectivity index (χ1v) is 11.0. The van der Waals surface area contributed by atoms with E-state index < -0.39 is 5.92 Å². The molecule has 1 saturated carbocycles. The summed E-state index contributed by atoms with van der Waals surface area (Å²) in [5, 5.41) is 9.01. The van der Waals surface area contributed by atoms with Gasteiger partial charge in [-0.2, -0.15) is 4.98 Å². The second-order valence-corrected chi connectivity index (χ2v) is 8.77. The molecule has 4 aromatic rings. The van der Waals surface area contributed by atoms with Crippen molar-refractivity contribution >= 4 is 28.2 Å². The Morgan fingerprint density at radius 3 is 2.79 bits per heavy atom. The highest BCUT2D eigenvalue weighted by atomic mass is 19.3. The summed E-state index contributed by atoms with van der Waals surface area (Å²) in [6, 6.07) is 10.5. The lowest BCUT2D eigenvalue weighted by molar-refractivity contribution is -0.0936. The van der Waals surface area contributed by atoms with E-state index in [2.05, 4.69) is 26.9 Å². The normalized spacial score (nSPS) is 17.5. The number of aromatic nitrogens is 4. The van der Waals surface area contributed by atoms with Gasteiger partial charge in [-0.1, -0.05) is 17.9 Å². The van der Waals surface area contributed by atoms with Crippen LogP contribution in [0.15, 0.2) is 36.4 Å². The molecule has 2 aliphatic rings. The molecule has 1 aliphatic carbocycles. The molecule has 3 heterocycles. The minimum atomic E-state index is -2.58. The highest BCUT2D eigenvalue weighted by Crippen LogP contribution is 2.42. The van der Waals surface area contributed by atoms with Gasteiger partial charge in [0.2, 0.25) is 0 Å². The SMILES string of the molecule is Cc1nnc2nc(N3CCCc4c(C#CC5CC(F)(F)C5)cccc43)c3cc(F)ccc3n12. The number of aryl methyl sites for hydroxylation is 1. The van der Waals surface area contributed by atoms with E-state index in [1.54, 1.807) is 6.07 Å². The van der Waals surface area contributed by atoms with Crippen LogP contribution >= 0.6 is 0 Å². The number of alkyl halides is 2. The predicted octanol–water partition coefficient (Wildman–Crippen LogP) is 5.21. The highest BCUT2D eigenvalue weighted by molar-refractivity contribution is 5.94. The number of hydrogen-bond acceptors (Lipinski definition) is 4. The maximum atomic E-state index is 14.3. The molecule has 8 heteroatoms. The minimum absolute atomic E-state index is 0.166. The van der Waals surface area contributed by atoms with E-state index in [4.69, 9.17) is 4.98 Å². The Balaban J connectivity index is 1.48. The summed E-state index contributed by atoms with van der Waals surface area (Å²) in [4.78, 5) is 6.84. The Kier molecular flexibility index (Phi) is 4.37. The topological polar surface area (TPSA) is 46.3 Å². The molecular formula is C25H20F3N5. The molecule has 0 saturated heterocycles. The van der Waals surface area contributed by atoms with E-state index in [0.29, 0.717) is 29.4 Å². The third kappa shape index (κ3) is 3.30. The van der Waals surface area contributed by atoms with Crippen LogP contribution in [0.4, 0.5) is 24.7 Å². The van der Waals surface area contributed by atoms with Crippen molar-refractivity contribution in [3.63, 3.8) is 0 Å². The van der Waals surface area contributed by atoms with Gasteiger partial charge in [-0.15, -0.1) is 10.2 Å². The Morgan fingerprint density at radius 2 is 1.97 bits per heavy atom. The fourth-order valence-corrected chi connectivity index (χ4v) is 4.85. The lowest BCUT2D eigenvalue weighted by Crippen LogP contribution is -2.34. The third-order valence-corrected chi connectivity index (χ3v) is 6.46. The number of fused-ring (bicyclic) bond motifs is 4. The summed E-state index contributed by atoms with van der Waals surface area (Å²) in [7, 11) is 0. The summed E-state index contributed by atoms with van der Waals surface area (Å²) in [5.74, 6) is 4.74. The molecule has 33 heavy (non-hydrogen) atoms. The molecule has 6 rings (SSSR count). The van der Waals surface area contributed by atoms with Gasteiger partial charge in [-0.25, -0.2) is 13.2 Å². The summed E-state index contributed by atoms with van der Waals surface area (Å²) in [6.07, 6.45) is 1.36. The molecule has 0 spiro atoms. The fourth-order valence-electron chi connectivity index (χ4n) is 4.85. The van der Waals surface area contributed by atoms with Crippen LogP contribution in [0, 0.1) is 30.5 Å². The number of halogens is 3. The Bertz CT molecular complexity index is 1470. The molecule has 0 unspecified atom stereocenters. The minimum Gasteiger partial charge on any atom is -0.325 e. The van der Waals surface area contributed by atoms with Crippen molar-refractivity contribution in [3.8, 4) is 11.8 Å². The molecule has 0 bridgehead atoms. The third-order valence-electron chi connectivity index (χ3n) is 6.46. The van der Waals surface area contributed by atoms with Crippen LogP contribution in [-0.2, 0) is 6.42 Å². The Labute approximate surface area is 188 Å². The molecule has 1 fully saturated rings. The van der Waals surface area contributed by atoms with Gasteiger partial charge in [0, 0.05) is 41.9 Å². The van der Waals surface area contributed by atoms with Gasteiger partial charge in [0.15, 0.2) is 0 Å². The van der Waals surface area contributed by atoms with E-state index >= 15 is 0 Å². The zero-order chi connectivity index (χ0) is 22.7. The van der Waals surface area contributed by atoms with Gasteiger partial charge >= 0.3 is 0 Å². The van der Waals surface area contributed by atoms with Gasteiger partial charge in [-0.3, -0.25) is 4.40 Å². The predicted molar refractivity (Wildman–Crippen MR) is 119 cm³/mol. The van der Waals surface area contributed by atoms with Crippen molar-refractivity contribution in [2.75, 3.05) is 11.4 Å². The van der Waals surface area contributed by atoms with Crippen molar-refractivity contribution < 1.29 is 13.2 Å². The van der Waals surface area contributed by atoms with E-state index in [1.807, 2.05) is 29.5 Å². The molecular weight excluding hydrogens is 427 g/mol. The van der Waals surface area contributed by atoms with Crippen LogP contribution < -0.4 is 4.90 Å². The maximum absolute atomic E-state index is 14.3. The van der Waals surface area contributed by atoms with Gasteiger partial charge in [-0.05, 0) is 55.7 Å². The Morgan fingerprint density at radius 1 is 1.12 bits per heavy atom. The van der Waals surface area contributed by atoms with E-state index in [-0.39, 0.29) is 24.6 Å². The maximum Gasteiger partial charge on any atom is 0.257 e. The zero-order valence-corrected chi connectivity index (χ0v) is 17.9. The summed E-state index contributed by atoms with van der Waals surface area (Å²) in [6.45, 7) is 2.55. The highest BCUT2D eigenvalue weighted by Gasteiger charge is 2.44. The number of anilines is 2. The molecule has 5 nitrogen and oxygen atoms in total. The quantitative estimate of drug-likeness (QED) is 0.376. The smallest absolute Gasteiger partial charge is 0.257 e. The summed E-state index contributed by atoms with van der Waals surface area (Å²) >= 11 is 0. The van der Waals surface area contributed by atoms with Gasteiger partial charge < -0.3 is 4.90 Å². The second-order valence-electron chi connectivity index (χ2n) is 8.77. The Hall–Kier alpha value is -3.60. The van der Waals surface area contributed by atoms with Gasteiger partial charge in [0.25, 0.3) is 11.7 Å². The van der Waals surface area contributed by atoms with Gasteiger partial charge in [0.1, 0.15) is 17.5 Å². The summed E-state index contributed by atoms with van der Waals surface area (Å²) < 4.78 is 42.5. The van der Waals surface area contributed by atoms with E-state index in [9.17, 15) is 13.2 Å². The van der Waals surface area contributed by atoms with Crippen molar-refractivity contribution in [1.29, 1.82) is 0 Å². The van der Waals surface area contributed by atoms with Crippen LogP contribution in [0.5, 0.6) is 0 Å². The second kappa shape index (κ2) is 7.20. The van der Waals surface area contributed by atoms with Crippen LogP contribution in [0.1, 0.15) is 36.2 Å². The number of hydrogen-bond donors (Lipinski definition) is 0. The number of nitrogens with zero attached hydrogens (tertiary/aromatic N) is 5. The van der Waals surface area contributed by atoms with Crippen molar-refractivity contribution in [2.45, 2.75) is 38.5 Å². The van der Waals surface area contributed by atoms with Crippen LogP contribution in [0.3, 0.4) is 0 Å².